The zero-order valence-corrected chi connectivity index (χ0v) is 9.70. The molecule has 1 aromatic carbocycles. The molecule has 2 rings (SSSR count). The second kappa shape index (κ2) is 4.91. The van der Waals surface area contributed by atoms with Gasteiger partial charge in [0.1, 0.15) is 29.1 Å². The summed E-state index contributed by atoms with van der Waals surface area (Å²) in [6.45, 7) is 0.103. The van der Waals surface area contributed by atoms with Gasteiger partial charge in [0.15, 0.2) is 0 Å². The number of rotatable bonds is 2. The zero-order valence-electron chi connectivity index (χ0n) is 9.70. The first-order valence-electron chi connectivity index (χ1n) is 5.60. The molecular weight excluding hydrogens is 263 g/mol. The summed E-state index contributed by atoms with van der Waals surface area (Å²) in [6, 6.07) is -0.319. The summed E-state index contributed by atoms with van der Waals surface area (Å²) < 4.78 is 39.7. The standard InChI is InChI=1S/C12H10F3NO3/c13-6-4-7(14)10(8(15)5-6)11(17)16-3-1-2-9(16)12(18)19/h4-5,9H,1-3H2,(H,18,19)/t9-/m1/s1. The molecule has 1 aromatic rings. The van der Waals surface area contributed by atoms with Gasteiger partial charge in [-0.05, 0) is 12.8 Å². The molecule has 0 aromatic heterocycles. The highest BCUT2D eigenvalue weighted by atomic mass is 19.1. The van der Waals surface area contributed by atoms with Crippen LogP contribution < -0.4 is 0 Å². The van der Waals surface area contributed by atoms with E-state index < -0.39 is 40.9 Å². The van der Waals surface area contributed by atoms with Crippen molar-refractivity contribution in [2.75, 3.05) is 6.54 Å². The minimum absolute atomic E-state index is 0.103. The van der Waals surface area contributed by atoms with Gasteiger partial charge in [-0.3, -0.25) is 4.79 Å². The average molecular weight is 273 g/mol. The van der Waals surface area contributed by atoms with Crippen molar-refractivity contribution in [2.45, 2.75) is 18.9 Å². The largest absolute Gasteiger partial charge is 0.480 e. The van der Waals surface area contributed by atoms with Crippen molar-refractivity contribution in [1.82, 2.24) is 4.90 Å². The number of carbonyl (C=O) groups excluding carboxylic acids is 1. The number of carboxylic acids is 1. The Morgan fingerprint density at radius 3 is 2.32 bits per heavy atom. The van der Waals surface area contributed by atoms with E-state index in [0.29, 0.717) is 18.6 Å². The number of halogens is 3. The number of nitrogens with zero attached hydrogens (tertiary/aromatic N) is 1. The number of hydrogen-bond acceptors (Lipinski definition) is 2. The van der Waals surface area contributed by atoms with Crippen molar-refractivity contribution in [1.29, 1.82) is 0 Å². The highest BCUT2D eigenvalue weighted by molar-refractivity contribution is 5.97. The van der Waals surface area contributed by atoms with Crippen molar-refractivity contribution in [3.63, 3.8) is 0 Å². The molecule has 0 radical (unpaired) electrons. The van der Waals surface area contributed by atoms with Gasteiger partial charge in [-0.2, -0.15) is 0 Å². The maximum atomic E-state index is 13.5. The number of carboxylic acid groups (broad SMARTS) is 1. The predicted molar refractivity (Wildman–Crippen MR) is 58.0 cm³/mol. The molecule has 1 heterocycles. The maximum Gasteiger partial charge on any atom is 0.326 e. The molecule has 0 saturated carbocycles. The van der Waals surface area contributed by atoms with Crippen molar-refractivity contribution >= 4 is 11.9 Å². The Bertz CT molecular complexity index is 524. The smallest absolute Gasteiger partial charge is 0.326 e. The molecule has 1 amide bonds. The number of hydrogen-bond donors (Lipinski definition) is 1. The highest BCUT2D eigenvalue weighted by Crippen LogP contribution is 2.23. The van der Waals surface area contributed by atoms with Crippen LogP contribution >= 0.6 is 0 Å². The van der Waals surface area contributed by atoms with E-state index in [2.05, 4.69) is 0 Å². The Balaban J connectivity index is 2.37. The Morgan fingerprint density at radius 2 is 1.79 bits per heavy atom. The van der Waals surface area contributed by atoms with Gasteiger partial charge < -0.3 is 10.0 Å². The van der Waals surface area contributed by atoms with E-state index in [1.54, 1.807) is 0 Å². The Labute approximate surface area is 106 Å². The van der Waals surface area contributed by atoms with E-state index >= 15 is 0 Å². The first kappa shape index (κ1) is 13.4. The van der Waals surface area contributed by atoms with Gasteiger partial charge in [0.25, 0.3) is 5.91 Å². The molecular formula is C12H10F3NO3. The first-order valence-corrected chi connectivity index (χ1v) is 5.60. The minimum Gasteiger partial charge on any atom is -0.480 e. The molecule has 1 atom stereocenters. The summed E-state index contributed by atoms with van der Waals surface area (Å²) in [7, 11) is 0. The van der Waals surface area contributed by atoms with Crippen LogP contribution in [0.25, 0.3) is 0 Å². The van der Waals surface area contributed by atoms with Gasteiger partial charge in [-0.1, -0.05) is 0 Å². The molecule has 102 valence electrons. The summed E-state index contributed by atoms with van der Waals surface area (Å²) in [6.07, 6.45) is 0.665. The Morgan fingerprint density at radius 1 is 1.21 bits per heavy atom. The van der Waals surface area contributed by atoms with Crippen LogP contribution in [0.4, 0.5) is 13.2 Å². The lowest BCUT2D eigenvalue weighted by atomic mass is 10.1. The summed E-state index contributed by atoms with van der Waals surface area (Å²) in [5.74, 6) is -6.10. The third kappa shape index (κ3) is 2.40. The van der Waals surface area contributed by atoms with Crippen LogP contribution in [0.1, 0.15) is 23.2 Å². The molecule has 1 N–H and O–H groups in total. The molecule has 0 unspecified atom stereocenters. The number of benzene rings is 1. The summed E-state index contributed by atoms with van der Waals surface area (Å²) in [4.78, 5) is 23.8. The van der Waals surface area contributed by atoms with Crippen LogP contribution in [0.5, 0.6) is 0 Å². The summed E-state index contributed by atoms with van der Waals surface area (Å²) >= 11 is 0. The van der Waals surface area contributed by atoms with Crippen LogP contribution in [0.3, 0.4) is 0 Å². The maximum absolute atomic E-state index is 13.5. The first-order chi connectivity index (χ1) is 8.91. The summed E-state index contributed by atoms with van der Waals surface area (Å²) in [5, 5.41) is 8.92. The Hall–Kier alpha value is -2.05. The van der Waals surface area contributed by atoms with E-state index in [1.165, 1.54) is 0 Å². The van der Waals surface area contributed by atoms with Gasteiger partial charge in [0, 0.05) is 18.7 Å². The molecule has 0 bridgehead atoms. The quantitative estimate of drug-likeness (QED) is 0.893. The average Bonchev–Trinajstić information content (AvgIpc) is 2.75. The molecule has 0 aliphatic carbocycles. The van der Waals surface area contributed by atoms with E-state index in [-0.39, 0.29) is 13.0 Å². The lowest BCUT2D eigenvalue weighted by molar-refractivity contribution is -0.141. The Kier molecular flexibility index (Phi) is 3.46. The van der Waals surface area contributed by atoms with Crippen molar-refractivity contribution in [3.8, 4) is 0 Å². The van der Waals surface area contributed by atoms with Gasteiger partial charge in [-0.25, -0.2) is 18.0 Å². The second-order valence-electron chi connectivity index (χ2n) is 4.24. The topological polar surface area (TPSA) is 57.6 Å². The highest BCUT2D eigenvalue weighted by Gasteiger charge is 2.36. The predicted octanol–water partition coefficient (Wildman–Crippen LogP) is 1.79. The fourth-order valence-corrected chi connectivity index (χ4v) is 2.16. The number of aliphatic carboxylic acids is 1. The molecule has 7 heteroatoms. The number of likely N-dealkylation sites (tertiary alicyclic amines) is 1. The molecule has 0 spiro atoms. The number of carbonyl (C=O) groups is 2. The lowest BCUT2D eigenvalue weighted by Gasteiger charge is -2.21. The minimum atomic E-state index is -1.33. The molecule has 19 heavy (non-hydrogen) atoms. The van der Waals surface area contributed by atoms with Crippen LogP contribution in [0, 0.1) is 17.5 Å². The van der Waals surface area contributed by atoms with E-state index in [4.69, 9.17) is 5.11 Å². The van der Waals surface area contributed by atoms with Gasteiger partial charge in [-0.15, -0.1) is 0 Å². The van der Waals surface area contributed by atoms with Crippen LogP contribution in [0.15, 0.2) is 12.1 Å². The van der Waals surface area contributed by atoms with Crippen LogP contribution in [-0.4, -0.2) is 34.5 Å². The van der Waals surface area contributed by atoms with Gasteiger partial charge in [0.05, 0.1) is 0 Å². The lowest BCUT2D eigenvalue weighted by Crippen LogP contribution is -2.41. The monoisotopic (exact) mass is 273 g/mol. The van der Waals surface area contributed by atoms with Crippen LogP contribution in [0.2, 0.25) is 0 Å². The third-order valence-corrected chi connectivity index (χ3v) is 3.02. The molecule has 1 aliphatic heterocycles. The third-order valence-electron chi connectivity index (χ3n) is 3.02. The van der Waals surface area contributed by atoms with Crippen molar-refractivity contribution < 1.29 is 27.9 Å². The van der Waals surface area contributed by atoms with E-state index in [1.807, 2.05) is 0 Å². The van der Waals surface area contributed by atoms with E-state index in [0.717, 1.165) is 4.90 Å². The zero-order chi connectivity index (χ0) is 14.2. The molecule has 1 saturated heterocycles. The summed E-state index contributed by atoms with van der Waals surface area (Å²) in [5.41, 5.74) is -0.922. The SMILES string of the molecule is O=C(O)[C@H]1CCCN1C(=O)c1c(F)cc(F)cc1F. The van der Waals surface area contributed by atoms with E-state index in [9.17, 15) is 22.8 Å². The molecule has 1 aliphatic rings. The van der Waals surface area contributed by atoms with Crippen molar-refractivity contribution in [3.05, 3.63) is 35.1 Å². The van der Waals surface area contributed by atoms with Gasteiger partial charge in [0.2, 0.25) is 0 Å². The fourth-order valence-electron chi connectivity index (χ4n) is 2.16. The normalized spacial score (nSPS) is 18.7. The second-order valence-corrected chi connectivity index (χ2v) is 4.24. The number of amides is 1. The van der Waals surface area contributed by atoms with Crippen LogP contribution in [-0.2, 0) is 4.79 Å². The molecule has 4 nitrogen and oxygen atoms in total. The molecule has 1 fully saturated rings. The van der Waals surface area contributed by atoms with Crippen molar-refractivity contribution in [2.24, 2.45) is 0 Å². The fraction of sp³-hybridized carbons (Fsp3) is 0.333. The van der Waals surface area contributed by atoms with Gasteiger partial charge >= 0.3 is 5.97 Å².